The van der Waals surface area contributed by atoms with Gasteiger partial charge >= 0.3 is 0 Å². The van der Waals surface area contributed by atoms with Crippen LogP contribution in [0.25, 0.3) is 0 Å². The first kappa shape index (κ1) is 25.2. The SMILES string of the molecule is Cl.O=C(Nc1ccc(NC(=O)c2nc[nH]c2C(=O)N[C@@H]2CCNC2)cc1)c1ccc(F)cc1Cl. The van der Waals surface area contributed by atoms with Crippen LogP contribution in [-0.4, -0.2) is 46.8 Å². The Morgan fingerprint density at radius 1 is 1.00 bits per heavy atom. The van der Waals surface area contributed by atoms with E-state index >= 15 is 0 Å². The van der Waals surface area contributed by atoms with Gasteiger partial charge < -0.3 is 26.3 Å². The van der Waals surface area contributed by atoms with Crippen molar-refractivity contribution in [2.24, 2.45) is 0 Å². The highest BCUT2D eigenvalue weighted by atomic mass is 35.5. The molecular formula is C22H21Cl2FN6O3. The number of anilines is 2. The Kier molecular flexibility index (Phi) is 8.21. The quantitative estimate of drug-likeness (QED) is 0.350. The van der Waals surface area contributed by atoms with Crippen molar-refractivity contribution >= 4 is 53.1 Å². The summed E-state index contributed by atoms with van der Waals surface area (Å²) in [5.41, 5.74) is 1.07. The van der Waals surface area contributed by atoms with Gasteiger partial charge in [-0.2, -0.15) is 0 Å². The molecule has 1 aromatic heterocycles. The summed E-state index contributed by atoms with van der Waals surface area (Å²) in [5.74, 6) is -1.99. The van der Waals surface area contributed by atoms with Gasteiger partial charge in [0, 0.05) is 24.0 Å². The minimum absolute atomic E-state index is 0. The number of carbonyl (C=O) groups excluding carboxylic acids is 3. The molecule has 0 radical (unpaired) electrons. The standard InChI is InChI=1S/C22H20ClFN6O3.ClH/c23-17-9-12(24)1-6-16(17)20(31)28-13-2-4-14(5-3-13)29-21(32)18-19(27-11-26-18)22(33)30-15-7-8-25-10-15;/h1-6,9,11,15,25H,7-8,10H2,(H,26,27)(H,28,31)(H,29,32)(H,30,33);1H/t15-;/m1./s1. The maximum Gasteiger partial charge on any atom is 0.276 e. The fraction of sp³-hybridized carbons (Fsp3) is 0.182. The number of hydrogen-bond donors (Lipinski definition) is 5. The van der Waals surface area contributed by atoms with Gasteiger partial charge in [-0.05, 0) is 55.4 Å². The van der Waals surface area contributed by atoms with Crippen LogP contribution >= 0.6 is 24.0 Å². The molecule has 0 aliphatic carbocycles. The maximum atomic E-state index is 13.2. The van der Waals surface area contributed by atoms with Gasteiger partial charge in [-0.25, -0.2) is 9.37 Å². The van der Waals surface area contributed by atoms with Crippen LogP contribution < -0.4 is 21.3 Å². The summed E-state index contributed by atoms with van der Waals surface area (Å²) >= 11 is 5.92. The molecule has 1 saturated heterocycles. The normalized spacial score (nSPS) is 14.7. The third kappa shape index (κ3) is 5.90. The number of hydrogen-bond acceptors (Lipinski definition) is 5. The highest BCUT2D eigenvalue weighted by Crippen LogP contribution is 2.20. The van der Waals surface area contributed by atoms with Crippen molar-refractivity contribution in [1.82, 2.24) is 20.6 Å². The van der Waals surface area contributed by atoms with E-state index in [1.165, 1.54) is 12.4 Å². The van der Waals surface area contributed by atoms with E-state index in [9.17, 15) is 18.8 Å². The predicted molar refractivity (Wildman–Crippen MR) is 128 cm³/mol. The molecule has 2 aromatic carbocycles. The average molecular weight is 507 g/mol. The Hall–Kier alpha value is -3.47. The summed E-state index contributed by atoms with van der Waals surface area (Å²) < 4.78 is 13.2. The topological polar surface area (TPSA) is 128 Å². The van der Waals surface area contributed by atoms with Gasteiger partial charge in [0.2, 0.25) is 0 Å². The van der Waals surface area contributed by atoms with Gasteiger partial charge in [0.25, 0.3) is 17.7 Å². The molecule has 3 amide bonds. The lowest BCUT2D eigenvalue weighted by molar-refractivity contribution is 0.0923. The number of amides is 3. The molecule has 0 spiro atoms. The van der Waals surface area contributed by atoms with Crippen LogP contribution in [0.15, 0.2) is 48.8 Å². The Bertz CT molecular complexity index is 1200. The molecule has 1 aliphatic rings. The maximum absolute atomic E-state index is 13.2. The Morgan fingerprint density at radius 3 is 2.29 bits per heavy atom. The van der Waals surface area contributed by atoms with E-state index in [0.717, 1.165) is 25.1 Å². The summed E-state index contributed by atoms with van der Waals surface area (Å²) in [6.07, 6.45) is 2.10. The van der Waals surface area contributed by atoms with Crippen LogP contribution in [0.1, 0.15) is 37.8 Å². The fourth-order valence-electron chi connectivity index (χ4n) is 3.37. The van der Waals surface area contributed by atoms with E-state index < -0.39 is 23.5 Å². The molecule has 0 bridgehead atoms. The van der Waals surface area contributed by atoms with E-state index in [-0.39, 0.29) is 40.4 Å². The monoisotopic (exact) mass is 506 g/mol. The minimum atomic E-state index is -0.555. The second-order valence-corrected chi connectivity index (χ2v) is 7.81. The first-order valence-corrected chi connectivity index (χ1v) is 10.5. The van der Waals surface area contributed by atoms with Gasteiger partial charge in [0.15, 0.2) is 5.69 Å². The van der Waals surface area contributed by atoms with Gasteiger partial charge in [0.1, 0.15) is 11.5 Å². The van der Waals surface area contributed by atoms with Gasteiger partial charge in [-0.15, -0.1) is 12.4 Å². The zero-order chi connectivity index (χ0) is 23.4. The van der Waals surface area contributed by atoms with Crippen molar-refractivity contribution < 1.29 is 18.8 Å². The van der Waals surface area contributed by atoms with E-state index in [4.69, 9.17) is 11.6 Å². The summed E-state index contributed by atoms with van der Waals surface area (Å²) in [7, 11) is 0. The zero-order valence-electron chi connectivity index (χ0n) is 17.7. The van der Waals surface area contributed by atoms with E-state index in [2.05, 4.69) is 31.2 Å². The number of nitrogens with one attached hydrogen (secondary N) is 5. The zero-order valence-corrected chi connectivity index (χ0v) is 19.2. The van der Waals surface area contributed by atoms with Gasteiger partial charge in [-0.3, -0.25) is 14.4 Å². The van der Waals surface area contributed by atoms with E-state index in [0.29, 0.717) is 17.9 Å². The largest absolute Gasteiger partial charge is 0.347 e. The van der Waals surface area contributed by atoms with Crippen molar-refractivity contribution in [3.63, 3.8) is 0 Å². The summed E-state index contributed by atoms with van der Waals surface area (Å²) in [6, 6.07) is 9.82. The van der Waals surface area contributed by atoms with Crippen LogP contribution in [0, 0.1) is 5.82 Å². The molecule has 3 aromatic rings. The number of nitrogens with zero attached hydrogens (tertiary/aromatic N) is 1. The average Bonchev–Trinajstić information content (AvgIpc) is 3.47. The number of aromatic amines is 1. The Morgan fingerprint density at radius 2 is 1.68 bits per heavy atom. The van der Waals surface area contributed by atoms with Crippen molar-refractivity contribution in [2.45, 2.75) is 12.5 Å². The highest BCUT2D eigenvalue weighted by Gasteiger charge is 2.24. The number of H-pyrrole nitrogens is 1. The fourth-order valence-corrected chi connectivity index (χ4v) is 3.63. The summed E-state index contributed by atoms with van der Waals surface area (Å²) in [6.45, 7) is 1.51. The van der Waals surface area contributed by atoms with Crippen molar-refractivity contribution in [3.8, 4) is 0 Å². The molecule has 5 N–H and O–H groups in total. The van der Waals surface area contributed by atoms with Crippen molar-refractivity contribution in [1.29, 1.82) is 0 Å². The summed E-state index contributed by atoms with van der Waals surface area (Å²) in [4.78, 5) is 44.2. The number of rotatable bonds is 6. The van der Waals surface area contributed by atoms with Crippen LogP contribution in [0.2, 0.25) is 5.02 Å². The lowest BCUT2D eigenvalue weighted by Crippen LogP contribution is -2.37. The molecule has 2 heterocycles. The molecule has 9 nitrogen and oxygen atoms in total. The third-order valence-corrected chi connectivity index (χ3v) is 5.37. The first-order chi connectivity index (χ1) is 15.9. The van der Waals surface area contributed by atoms with Gasteiger partial charge in [0.05, 0.1) is 16.9 Å². The van der Waals surface area contributed by atoms with Gasteiger partial charge in [-0.1, -0.05) is 11.6 Å². The molecule has 34 heavy (non-hydrogen) atoms. The molecule has 12 heteroatoms. The molecular weight excluding hydrogens is 486 g/mol. The smallest absolute Gasteiger partial charge is 0.276 e. The molecule has 1 aliphatic heterocycles. The second-order valence-electron chi connectivity index (χ2n) is 7.40. The Labute approximate surface area is 205 Å². The van der Waals surface area contributed by atoms with Crippen molar-refractivity contribution in [3.05, 3.63) is 76.6 Å². The minimum Gasteiger partial charge on any atom is -0.347 e. The van der Waals surface area contributed by atoms with E-state index in [1.807, 2.05) is 0 Å². The van der Waals surface area contributed by atoms with Crippen LogP contribution in [0.5, 0.6) is 0 Å². The van der Waals surface area contributed by atoms with Crippen LogP contribution in [0.4, 0.5) is 15.8 Å². The lowest BCUT2D eigenvalue weighted by Gasteiger charge is -2.11. The van der Waals surface area contributed by atoms with Crippen LogP contribution in [-0.2, 0) is 0 Å². The third-order valence-electron chi connectivity index (χ3n) is 5.05. The van der Waals surface area contributed by atoms with Crippen molar-refractivity contribution in [2.75, 3.05) is 23.7 Å². The Balaban J connectivity index is 0.00000324. The lowest BCUT2D eigenvalue weighted by atomic mass is 10.2. The molecule has 1 fully saturated rings. The molecule has 4 rings (SSSR count). The molecule has 1 atom stereocenters. The highest BCUT2D eigenvalue weighted by molar-refractivity contribution is 6.34. The summed E-state index contributed by atoms with van der Waals surface area (Å²) in [5, 5.41) is 11.3. The molecule has 0 saturated carbocycles. The number of carbonyl (C=O) groups is 3. The van der Waals surface area contributed by atoms with Crippen LogP contribution in [0.3, 0.4) is 0 Å². The predicted octanol–water partition coefficient (Wildman–Crippen LogP) is 3.22. The number of halogens is 3. The number of benzene rings is 2. The van der Waals surface area contributed by atoms with E-state index in [1.54, 1.807) is 24.3 Å². The molecule has 178 valence electrons. The number of aromatic nitrogens is 2. The first-order valence-electron chi connectivity index (χ1n) is 10.1. The number of imidazole rings is 1. The second kappa shape index (κ2) is 11.1. The molecule has 0 unspecified atom stereocenters.